The molecule has 0 aromatic rings. The van der Waals surface area contributed by atoms with E-state index in [0.29, 0.717) is 11.0 Å². The second-order valence-corrected chi connectivity index (χ2v) is 4.81. The Morgan fingerprint density at radius 2 is 2.35 bits per heavy atom. The van der Waals surface area contributed by atoms with Gasteiger partial charge in [-0.05, 0) is 27.2 Å². The number of amides is 2. The van der Waals surface area contributed by atoms with E-state index in [0.717, 1.165) is 12.1 Å². The van der Waals surface area contributed by atoms with Crippen molar-refractivity contribution in [1.82, 2.24) is 10.4 Å². The van der Waals surface area contributed by atoms with Gasteiger partial charge in [-0.1, -0.05) is 13.0 Å². The van der Waals surface area contributed by atoms with Gasteiger partial charge in [0.15, 0.2) is 0 Å². The lowest BCUT2D eigenvalue weighted by atomic mass is 9.86. The van der Waals surface area contributed by atoms with Crippen LogP contribution in [-0.4, -0.2) is 34.1 Å². The summed E-state index contributed by atoms with van der Waals surface area (Å²) in [6.07, 6.45) is 4.70. The second kappa shape index (κ2) is 5.31. The SMILES string of the molecule is CCN(O)C(=O)NC(C)(C)C1=NC=CC[C@@H]1C. The van der Waals surface area contributed by atoms with Crippen molar-refractivity contribution < 1.29 is 10.0 Å². The highest BCUT2D eigenvalue weighted by Gasteiger charge is 2.32. The van der Waals surface area contributed by atoms with E-state index in [2.05, 4.69) is 17.2 Å². The minimum atomic E-state index is -0.558. The Bertz CT molecular complexity index is 348. The van der Waals surface area contributed by atoms with Gasteiger partial charge in [0.1, 0.15) is 0 Å². The summed E-state index contributed by atoms with van der Waals surface area (Å²) in [6, 6.07) is -0.498. The van der Waals surface area contributed by atoms with E-state index in [1.54, 1.807) is 13.1 Å². The van der Waals surface area contributed by atoms with Crippen LogP contribution in [-0.2, 0) is 0 Å². The molecule has 0 fully saturated rings. The fraction of sp³-hybridized carbons (Fsp3) is 0.667. The molecule has 2 N–H and O–H groups in total. The first-order valence-electron chi connectivity index (χ1n) is 5.90. The number of allylic oxidation sites excluding steroid dienone is 1. The molecule has 0 saturated heterocycles. The van der Waals surface area contributed by atoms with E-state index in [4.69, 9.17) is 0 Å². The molecule has 1 aliphatic heterocycles. The Hall–Kier alpha value is -1.36. The van der Waals surface area contributed by atoms with E-state index in [-0.39, 0.29) is 6.54 Å². The summed E-state index contributed by atoms with van der Waals surface area (Å²) in [5.41, 5.74) is 0.370. The van der Waals surface area contributed by atoms with Gasteiger partial charge in [0.2, 0.25) is 0 Å². The molecule has 0 spiro atoms. The minimum absolute atomic E-state index is 0.254. The molecular weight excluding hydrogens is 218 g/mol. The van der Waals surface area contributed by atoms with Crippen LogP contribution in [0.5, 0.6) is 0 Å². The van der Waals surface area contributed by atoms with Gasteiger partial charge in [0, 0.05) is 24.4 Å². The molecular formula is C12H21N3O2. The van der Waals surface area contributed by atoms with E-state index >= 15 is 0 Å². The number of nitrogens with zero attached hydrogens (tertiary/aromatic N) is 2. The van der Waals surface area contributed by atoms with Crippen molar-refractivity contribution in [3.05, 3.63) is 12.3 Å². The average Bonchev–Trinajstić information content (AvgIpc) is 2.27. The highest BCUT2D eigenvalue weighted by atomic mass is 16.5. The monoisotopic (exact) mass is 239 g/mol. The Kier molecular flexibility index (Phi) is 4.28. The van der Waals surface area contributed by atoms with E-state index in [1.807, 2.05) is 19.9 Å². The van der Waals surface area contributed by atoms with Crippen molar-refractivity contribution >= 4 is 11.7 Å². The minimum Gasteiger partial charge on any atom is -0.326 e. The summed E-state index contributed by atoms with van der Waals surface area (Å²) in [7, 11) is 0. The zero-order chi connectivity index (χ0) is 13.1. The summed E-state index contributed by atoms with van der Waals surface area (Å²) in [4.78, 5) is 16.0. The van der Waals surface area contributed by atoms with Crippen molar-refractivity contribution in [3.8, 4) is 0 Å². The van der Waals surface area contributed by atoms with Gasteiger partial charge in [0.25, 0.3) is 0 Å². The molecule has 1 atom stereocenters. The van der Waals surface area contributed by atoms with Crippen molar-refractivity contribution in [2.24, 2.45) is 10.9 Å². The van der Waals surface area contributed by atoms with Crippen LogP contribution in [0.25, 0.3) is 0 Å². The van der Waals surface area contributed by atoms with Gasteiger partial charge in [-0.25, -0.2) is 9.86 Å². The van der Waals surface area contributed by atoms with Crippen LogP contribution < -0.4 is 5.32 Å². The van der Waals surface area contributed by atoms with Crippen LogP contribution in [0.3, 0.4) is 0 Å². The molecule has 5 heteroatoms. The van der Waals surface area contributed by atoms with Crippen molar-refractivity contribution in [2.75, 3.05) is 6.54 Å². The van der Waals surface area contributed by atoms with Crippen LogP contribution in [0.15, 0.2) is 17.3 Å². The Morgan fingerprint density at radius 1 is 1.71 bits per heavy atom. The summed E-state index contributed by atoms with van der Waals surface area (Å²) in [5, 5.41) is 12.8. The lowest BCUT2D eigenvalue weighted by Crippen LogP contribution is -2.55. The first-order valence-corrected chi connectivity index (χ1v) is 5.90. The lowest BCUT2D eigenvalue weighted by Gasteiger charge is -2.33. The highest BCUT2D eigenvalue weighted by molar-refractivity contribution is 5.98. The second-order valence-electron chi connectivity index (χ2n) is 4.81. The lowest BCUT2D eigenvalue weighted by molar-refractivity contribution is -0.0399. The molecule has 0 aromatic carbocycles. The fourth-order valence-electron chi connectivity index (χ4n) is 1.95. The fourth-order valence-corrected chi connectivity index (χ4v) is 1.95. The van der Waals surface area contributed by atoms with E-state index in [1.165, 1.54) is 0 Å². The summed E-state index contributed by atoms with van der Waals surface area (Å²) < 4.78 is 0. The number of hydrogen-bond acceptors (Lipinski definition) is 3. The number of aliphatic imine (C=N–C) groups is 1. The number of hydroxylamine groups is 2. The first kappa shape index (κ1) is 13.7. The molecule has 0 unspecified atom stereocenters. The molecule has 1 rings (SSSR count). The normalized spacial score (nSPS) is 19.8. The number of hydrogen-bond donors (Lipinski definition) is 2. The number of carbonyl (C=O) groups is 1. The van der Waals surface area contributed by atoms with Crippen molar-refractivity contribution in [2.45, 2.75) is 39.7 Å². The van der Waals surface area contributed by atoms with Gasteiger partial charge in [-0.3, -0.25) is 10.2 Å². The van der Waals surface area contributed by atoms with E-state index < -0.39 is 11.6 Å². The van der Waals surface area contributed by atoms with Crippen LogP contribution in [0.2, 0.25) is 0 Å². The third-order valence-electron chi connectivity index (χ3n) is 2.87. The molecule has 96 valence electrons. The predicted molar refractivity (Wildman–Crippen MR) is 67.1 cm³/mol. The Balaban J connectivity index is 2.77. The largest absolute Gasteiger partial charge is 0.341 e. The molecule has 0 aliphatic carbocycles. The van der Waals surface area contributed by atoms with Gasteiger partial charge in [0.05, 0.1) is 5.54 Å². The third-order valence-corrected chi connectivity index (χ3v) is 2.87. The standard InChI is InChI=1S/C12H21N3O2/c1-5-15(17)11(16)14-12(3,4)10-9(2)7-6-8-13-10/h6,8-9,17H,5,7H2,1-4H3,(H,14,16)/t9-/m0/s1. The Labute approximate surface area is 102 Å². The molecule has 1 heterocycles. The van der Waals surface area contributed by atoms with Crippen molar-refractivity contribution in [3.63, 3.8) is 0 Å². The van der Waals surface area contributed by atoms with Crippen molar-refractivity contribution in [1.29, 1.82) is 0 Å². The molecule has 17 heavy (non-hydrogen) atoms. The zero-order valence-corrected chi connectivity index (χ0v) is 10.9. The molecule has 2 amide bonds. The predicted octanol–water partition coefficient (Wildman–Crippen LogP) is 2.18. The number of rotatable bonds is 3. The average molecular weight is 239 g/mol. The molecule has 0 radical (unpaired) electrons. The molecule has 1 aliphatic rings. The molecule has 5 nitrogen and oxygen atoms in total. The summed E-state index contributed by atoms with van der Waals surface area (Å²) in [6.45, 7) is 7.82. The van der Waals surface area contributed by atoms with Crippen LogP contribution >= 0.6 is 0 Å². The van der Waals surface area contributed by atoms with Gasteiger partial charge in [-0.15, -0.1) is 0 Å². The summed E-state index contributed by atoms with van der Waals surface area (Å²) >= 11 is 0. The number of urea groups is 1. The first-order chi connectivity index (χ1) is 7.88. The molecule has 0 bridgehead atoms. The smallest absolute Gasteiger partial charge is 0.326 e. The Morgan fingerprint density at radius 3 is 2.88 bits per heavy atom. The molecule has 0 aromatic heterocycles. The maximum atomic E-state index is 11.6. The van der Waals surface area contributed by atoms with E-state index in [9.17, 15) is 10.0 Å². The molecule has 0 saturated carbocycles. The topological polar surface area (TPSA) is 64.9 Å². The summed E-state index contributed by atoms with van der Waals surface area (Å²) in [5.74, 6) is 0.295. The maximum absolute atomic E-state index is 11.6. The van der Waals surface area contributed by atoms with Crippen LogP contribution in [0.4, 0.5) is 4.79 Å². The zero-order valence-electron chi connectivity index (χ0n) is 10.9. The highest BCUT2D eigenvalue weighted by Crippen LogP contribution is 2.20. The number of nitrogens with one attached hydrogen (secondary N) is 1. The van der Waals surface area contributed by atoms with Gasteiger partial charge in [-0.2, -0.15) is 0 Å². The quantitative estimate of drug-likeness (QED) is 0.585. The van der Waals surface area contributed by atoms with Gasteiger partial charge < -0.3 is 5.32 Å². The number of carbonyl (C=O) groups excluding carboxylic acids is 1. The van der Waals surface area contributed by atoms with Crippen LogP contribution in [0, 0.1) is 5.92 Å². The van der Waals surface area contributed by atoms with Gasteiger partial charge >= 0.3 is 6.03 Å². The third kappa shape index (κ3) is 3.30. The maximum Gasteiger partial charge on any atom is 0.341 e. The van der Waals surface area contributed by atoms with Crippen LogP contribution in [0.1, 0.15) is 34.1 Å².